The summed E-state index contributed by atoms with van der Waals surface area (Å²) in [7, 11) is 0. The summed E-state index contributed by atoms with van der Waals surface area (Å²) in [6.07, 6.45) is 58.7. The first-order valence-corrected chi connectivity index (χ1v) is 27.3. The van der Waals surface area contributed by atoms with Crippen LogP contribution in [0.3, 0.4) is 0 Å². The molecule has 364 valence electrons. The summed E-state index contributed by atoms with van der Waals surface area (Å²) < 4.78 is 16.8. The minimum Gasteiger partial charge on any atom is -0.462 e. The van der Waals surface area contributed by atoms with Gasteiger partial charge in [0.15, 0.2) is 6.10 Å². The molecule has 0 unspecified atom stereocenters. The molecule has 0 aromatic rings. The van der Waals surface area contributed by atoms with Crippen LogP contribution in [0.15, 0.2) is 24.3 Å². The fourth-order valence-electron chi connectivity index (χ4n) is 8.06. The van der Waals surface area contributed by atoms with E-state index in [1.807, 2.05) is 0 Å². The fraction of sp³-hybridized carbons (Fsp3) is 0.875. The Labute approximate surface area is 385 Å². The van der Waals surface area contributed by atoms with Gasteiger partial charge in [-0.25, -0.2) is 0 Å². The Morgan fingerprint density at radius 1 is 0.323 bits per heavy atom. The second kappa shape index (κ2) is 51.5. The predicted molar refractivity (Wildman–Crippen MR) is 266 cm³/mol. The van der Waals surface area contributed by atoms with Crippen molar-refractivity contribution in [3.05, 3.63) is 24.3 Å². The molecule has 0 aliphatic heterocycles. The molecule has 6 nitrogen and oxygen atoms in total. The standard InChI is InChI=1S/C56H104O6/c1-4-7-10-13-16-19-22-25-27-28-30-31-34-37-40-43-46-49-55(58)61-52-53(51-60-54(57)48-45-42-39-36-33-24-21-18-15-12-9-6-3)62-56(59)50-47-44-41-38-35-32-29-26-23-20-17-14-11-8-5-2/h17,20,26,29,53H,4-16,18-19,21-25,27-28,30-52H2,1-3H3/b20-17-,29-26-/t53-/m0/s1. The molecule has 0 rings (SSSR count). The van der Waals surface area contributed by atoms with Crippen molar-refractivity contribution in [2.75, 3.05) is 13.2 Å². The molecule has 0 aliphatic rings. The van der Waals surface area contributed by atoms with Gasteiger partial charge < -0.3 is 14.2 Å². The van der Waals surface area contributed by atoms with Gasteiger partial charge in [-0.15, -0.1) is 0 Å². The largest absolute Gasteiger partial charge is 0.462 e. The van der Waals surface area contributed by atoms with Gasteiger partial charge in [0.05, 0.1) is 0 Å². The molecule has 0 fully saturated rings. The Balaban J connectivity index is 4.33. The van der Waals surface area contributed by atoms with Crippen molar-refractivity contribution in [1.82, 2.24) is 0 Å². The van der Waals surface area contributed by atoms with E-state index in [1.54, 1.807) is 0 Å². The third-order valence-electron chi connectivity index (χ3n) is 12.2. The van der Waals surface area contributed by atoms with Crippen LogP contribution in [0.1, 0.15) is 297 Å². The van der Waals surface area contributed by atoms with Gasteiger partial charge in [0.2, 0.25) is 0 Å². The van der Waals surface area contributed by atoms with E-state index >= 15 is 0 Å². The maximum absolute atomic E-state index is 12.8. The number of allylic oxidation sites excluding steroid dienone is 4. The van der Waals surface area contributed by atoms with Crippen LogP contribution < -0.4 is 0 Å². The molecule has 0 N–H and O–H groups in total. The zero-order chi connectivity index (χ0) is 45.1. The van der Waals surface area contributed by atoms with Crippen molar-refractivity contribution in [2.45, 2.75) is 303 Å². The van der Waals surface area contributed by atoms with Gasteiger partial charge in [0.25, 0.3) is 0 Å². The topological polar surface area (TPSA) is 78.9 Å². The molecule has 1 atom stereocenters. The van der Waals surface area contributed by atoms with Crippen molar-refractivity contribution < 1.29 is 28.6 Å². The lowest BCUT2D eigenvalue weighted by Gasteiger charge is -2.18. The number of hydrogen-bond acceptors (Lipinski definition) is 6. The molecular formula is C56H104O6. The molecule has 0 aliphatic carbocycles. The second-order valence-electron chi connectivity index (χ2n) is 18.5. The van der Waals surface area contributed by atoms with E-state index in [4.69, 9.17) is 14.2 Å². The van der Waals surface area contributed by atoms with E-state index < -0.39 is 6.10 Å². The third kappa shape index (κ3) is 48.9. The van der Waals surface area contributed by atoms with E-state index in [2.05, 4.69) is 45.1 Å². The molecule has 62 heavy (non-hydrogen) atoms. The van der Waals surface area contributed by atoms with Crippen LogP contribution in [0, 0.1) is 0 Å². The lowest BCUT2D eigenvalue weighted by Crippen LogP contribution is -2.30. The van der Waals surface area contributed by atoms with Gasteiger partial charge in [-0.05, 0) is 51.4 Å². The smallest absolute Gasteiger partial charge is 0.306 e. The minimum atomic E-state index is -0.772. The van der Waals surface area contributed by atoms with E-state index in [9.17, 15) is 14.4 Å². The number of hydrogen-bond donors (Lipinski definition) is 0. The van der Waals surface area contributed by atoms with E-state index in [0.717, 1.165) is 77.0 Å². The van der Waals surface area contributed by atoms with Crippen LogP contribution in [-0.4, -0.2) is 37.2 Å². The summed E-state index contributed by atoms with van der Waals surface area (Å²) in [5.41, 5.74) is 0. The molecule has 0 spiro atoms. The van der Waals surface area contributed by atoms with Gasteiger partial charge in [0, 0.05) is 19.3 Å². The van der Waals surface area contributed by atoms with Crippen molar-refractivity contribution in [1.29, 1.82) is 0 Å². The molecule has 0 saturated heterocycles. The van der Waals surface area contributed by atoms with Gasteiger partial charge in [-0.3, -0.25) is 14.4 Å². The van der Waals surface area contributed by atoms with Crippen molar-refractivity contribution in [3.63, 3.8) is 0 Å². The number of rotatable bonds is 50. The first kappa shape index (κ1) is 59.9. The Morgan fingerprint density at radius 2 is 0.581 bits per heavy atom. The van der Waals surface area contributed by atoms with Gasteiger partial charge in [0.1, 0.15) is 13.2 Å². The van der Waals surface area contributed by atoms with Crippen molar-refractivity contribution in [2.24, 2.45) is 0 Å². The highest BCUT2D eigenvalue weighted by molar-refractivity contribution is 5.71. The number of unbranched alkanes of at least 4 members (excludes halogenated alkanes) is 35. The second-order valence-corrected chi connectivity index (χ2v) is 18.5. The molecule has 0 amide bonds. The average Bonchev–Trinajstić information content (AvgIpc) is 3.27. The average molecular weight is 873 g/mol. The SMILES string of the molecule is CCCCC/C=C\C/C=C\CCCCCCCC(=O)O[C@@H](COC(=O)CCCCCCCCCCCCCC)COC(=O)CCCCCCCCCCCCCCCCCCC. The maximum Gasteiger partial charge on any atom is 0.306 e. The van der Waals surface area contributed by atoms with Crippen LogP contribution in [0.5, 0.6) is 0 Å². The minimum absolute atomic E-state index is 0.0718. The first-order chi connectivity index (χ1) is 30.5. The van der Waals surface area contributed by atoms with Crippen molar-refractivity contribution >= 4 is 17.9 Å². The number of ether oxygens (including phenoxy) is 3. The molecule has 0 saturated carbocycles. The van der Waals surface area contributed by atoms with E-state index in [1.165, 1.54) is 180 Å². The Bertz CT molecular complexity index is 1000. The molecular weight excluding hydrogens is 769 g/mol. The summed E-state index contributed by atoms with van der Waals surface area (Å²) in [5.74, 6) is -0.868. The molecule has 0 aromatic carbocycles. The van der Waals surface area contributed by atoms with Crippen LogP contribution in [0.4, 0.5) is 0 Å². The summed E-state index contributed by atoms with van der Waals surface area (Å²) in [4.78, 5) is 38.0. The predicted octanol–water partition coefficient (Wildman–Crippen LogP) is 17.9. The lowest BCUT2D eigenvalue weighted by atomic mass is 10.0. The summed E-state index contributed by atoms with van der Waals surface area (Å²) in [6.45, 7) is 6.64. The van der Waals surface area contributed by atoms with Crippen LogP contribution in [0.2, 0.25) is 0 Å². The molecule has 6 heteroatoms. The molecule has 0 aromatic heterocycles. The van der Waals surface area contributed by atoms with Crippen molar-refractivity contribution in [3.8, 4) is 0 Å². The molecule has 0 bridgehead atoms. The maximum atomic E-state index is 12.8. The highest BCUT2D eigenvalue weighted by Gasteiger charge is 2.19. The summed E-state index contributed by atoms with van der Waals surface area (Å²) in [6, 6.07) is 0. The van der Waals surface area contributed by atoms with Gasteiger partial charge in [-0.1, -0.05) is 251 Å². The fourth-order valence-corrected chi connectivity index (χ4v) is 8.06. The van der Waals surface area contributed by atoms with Gasteiger partial charge in [-0.2, -0.15) is 0 Å². The Morgan fingerprint density at radius 3 is 0.919 bits per heavy atom. The normalized spacial score (nSPS) is 12.1. The van der Waals surface area contributed by atoms with Gasteiger partial charge >= 0.3 is 17.9 Å². The van der Waals surface area contributed by atoms with Crippen LogP contribution >= 0.6 is 0 Å². The molecule has 0 heterocycles. The summed E-state index contributed by atoms with van der Waals surface area (Å²) in [5, 5.41) is 0. The number of esters is 3. The number of carbonyl (C=O) groups excluding carboxylic acids is 3. The highest BCUT2D eigenvalue weighted by Crippen LogP contribution is 2.16. The van der Waals surface area contributed by atoms with Crippen LogP contribution in [-0.2, 0) is 28.6 Å². The first-order valence-electron chi connectivity index (χ1n) is 27.3. The zero-order valence-electron chi connectivity index (χ0n) is 41.7. The number of carbonyl (C=O) groups is 3. The lowest BCUT2D eigenvalue weighted by molar-refractivity contribution is -0.167. The Kier molecular flexibility index (Phi) is 49.8. The molecule has 0 radical (unpaired) electrons. The Hall–Kier alpha value is -2.11. The van der Waals surface area contributed by atoms with Crippen LogP contribution in [0.25, 0.3) is 0 Å². The quantitative estimate of drug-likeness (QED) is 0.0262. The summed E-state index contributed by atoms with van der Waals surface area (Å²) >= 11 is 0. The van der Waals surface area contributed by atoms with E-state index in [0.29, 0.717) is 19.3 Å². The van der Waals surface area contributed by atoms with E-state index in [-0.39, 0.29) is 31.1 Å². The zero-order valence-corrected chi connectivity index (χ0v) is 41.7. The monoisotopic (exact) mass is 873 g/mol. The third-order valence-corrected chi connectivity index (χ3v) is 12.2. The highest BCUT2D eigenvalue weighted by atomic mass is 16.6.